The summed E-state index contributed by atoms with van der Waals surface area (Å²) in [5, 5.41) is 0. The van der Waals surface area contributed by atoms with Gasteiger partial charge in [-0.05, 0) is 44.0 Å². The highest BCUT2D eigenvalue weighted by atomic mass is 16.2. The third kappa shape index (κ3) is 3.78. The Kier molecular flexibility index (Phi) is 4.93. The third-order valence-electron chi connectivity index (χ3n) is 3.92. The van der Waals surface area contributed by atoms with Crippen LogP contribution in [0.2, 0.25) is 0 Å². The fourth-order valence-corrected chi connectivity index (χ4v) is 2.65. The Bertz CT molecular complexity index is 416. The third-order valence-corrected chi connectivity index (χ3v) is 3.92. The summed E-state index contributed by atoms with van der Waals surface area (Å²) in [5.74, 6) is 4.88. The van der Waals surface area contributed by atoms with Crippen LogP contribution in [0.25, 0.3) is 0 Å². The van der Waals surface area contributed by atoms with E-state index in [4.69, 9.17) is 5.84 Å². The first-order valence-corrected chi connectivity index (χ1v) is 7.04. The quantitative estimate of drug-likeness (QED) is 0.497. The molecule has 1 amide bonds. The van der Waals surface area contributed by atoms with Crippen molar-refractivity contribution in [3.05, 3.63) is 35.4 Å². The molecule has 0 saturated carbocycles. The lowest BCUT2D eigenvalue weighted by molar-refractivity contribution is 0.0953. The number of nitrogens with two attached hydrogens (primary N) is 1. The highest BCUT2D eigenvalue weighted by Crippen LogP contribution is 2.19. The summed E-state index contributed by atoms with van der Waals surface area (Å²) in [7, 11) is 0. The molecule has 0 spiro atoms. The van der Waals surface area contributed by atoms with Crippen molar-refractivity contribution in [2.45, 2.75) is 45.2 Å². The Morgan fingerprint density at radius 3 is 2.74 bits per heavy atom. The number of carbonyl (C=O) groups excluding carboxylic acids is 1. The number of carbonyl (C=O) groups is 1. The van der Waals surface area contributed by atoms with E-state index in [9.17, 15) is 4.79 Å². The van der Waals surface area contributed by atoms with Crippen molar-refractivity contribution in [2.24, 2.45) is 5.84 Å². The first-order chi connectivity index (χ1) is 9.20. The molecule has 1 saturated heterocycles. The number of amides is 1. The Labute approximate surface area is 114 Å². The molecule has 4 heteroatoms. The average molecular weight is 261 g/mol. The van der Waals surface area contributed by atoms with Crippen molar-refractivity contribution >= 4 is 5.91 Å². The molecule has 1 aromatic rings. The fraction of sp³-hybridized carbons (Fsp3) is 0.533. The van der Waals surface area contributed by atoms with Gasteiger partial charge in [-0.25, -0.2) is 5.84 Å². The van der Waals surface area contributed by atoms with Crippen LogP contribution in [0.3, 0.4) is 0 Å². The zero-order chi connectivity index (χ0) is 13.7. The largest absolute Gasteiger partial charge is 0.296 e. The molecule has 1 aliphatic rings. The number of benzene rings is 1. The second-order valence-corrected chi connectivity index (χ2v) is 5.34. The van der Waals surface area contributed by atoms with Gasteiger partial charge in [-0.1, -0.05) is 25.0 Å². The van der Waals surface area contributed by atoms with E-state index in [1.54, 1.807) is 0 Å². The molecule has 3 N–H and O–H groups in total. The standard InChI is InChI=1S/C15H23N3O/c1-12-5-3-2-4-10-18(12)11-13-6-8-14(9-7-13)15(19)17-16/h6-9,12H,2-5,10-11,16H2,1H3,(H,17,19). The summed E-state index contributed by atoms with van der Waals surface area (Å²) in [6.45, 7) is 4.44. The second-order valence-electron chi connectivity index (χ2n) is 5.34. The summed E-state index contributed by atoms with van der Waals surface area (Å²) >= 11 is 0. The van der Waals surface area contributed by atoms with Gasteiger partial charge >= 0.3 is 0 Å². The molecule has 0 aliphatic carbocycles. The summed E-state index contributed by atoms with van der Waals surface area (Å²) in [6, 6.07) is 8.35. The lowest BCUT2D eigenvalue weighted by atomic mass is 10.1. The summed E-state index contributed by atoms with van der Waals surface area (Å²) in [4.78, 5) is 13.9. The lowest BCUT2D eigenvalue weighted by Crippen LogP contribution is -2.32. The van der Waals surface area contributed by atoms with Crippen molar-refractivity contribution < 1.29 is 4.79 Å². The van der Waals surface area contributed by atoms with Crippen LogP contribution >= 0.6 is 0 Å². The molecule has 0 aromatic heterocycles. The number of rotatable bonds is 3. The van der Waals surface area contributed by atoms with Crippen LogP contribution < -0.4 is 11.3 Å². The van der Waals surface area contributed by atoms with Gasteiger partial charge in [0.25, 0.3) is 5.91 Å². The maximum absolute atomic E-state index is 11.4. The number of nitrogen functional groups attached to an aromatic ring is 1. The maximum atomic E-state index is 11.4. The first-order valence-electron chi connectivity index (χ1n) is 7.04. The Balaban J connectivity index is 2.00. The summed E-state index contributed by atoms with van der Waals surface area (Å²) in [5.41, 5.74) is 4.01. The Hall–Kier alpha value is -1.39. The molecule has 1 unspecified atom stereocenters. The maximum Gasteiger partial charge on any atom is 0.265 e. The predicted octanol–water partition coefficient (Wildman–Crippen LogP) is 2.05. The Morgan fingerprint density at radius 1 is 1.32 bits per heavy atom. The van der Waals surface area contributed by atoms with Crippen LogP contribution in [0, 0.1) is 0 Å². The van der Waals surface area contributed by atoms with Crippen LogP contribution in [-0.4, -0.2) is 23.4 Å². The minimum Gasteiger partial charge on any atom is -0.296 e. The van der Waals surface area contributed by atoms with Gasteiger partial charge in [-0.15, -0.1) is 0 Å². The first kappa shape index (κ1) is 14.0. The van der Waals surface area contributed by atoms with Crippen LogP contribution in [-0.2, 0) is 6.54 Å². The topological polar surface area (TPSA) is 58.4 Å². The molecule has 19 heavy (non-hydrogen) atoms. The van der Waals surface area contributed by atoms with Gasteiger partial charge in [-0.2, -0.15) is 0 Å². The molecular weight excluding hydrogens is 238 g/mol. The van der Waals surface area contributed by atoms with Gasteiger partial charge in [-0.3, -0.25) is 15.1 Å². The molecule has 1 aromatic carbocycles. The van der Waals surface area contributed by atoms with Crippen molar-refractivity contribution in [1.29, 1.82) is 0 Å². The molecular formula is C15H23N3O. The van der Waals surface area contributed by atoms with Crippen molar-refractivity contribution in [3.63, 3.8) is 0 Å². The van der Waals surface area contributed by atoms with Gasteiger partial charge in [0.05, 0.1) is 0 Å². The highest BCUT2D eigenvalue weighted by Gasteiger charge is 2.16. The molecule has 4 nitrogen and oxygen atoms in total. The molecule has 1 aliphatic heterocycles. The van der Waals surface area contributed by atoms with Gasteiger partial charge in [0.2, 0.25) is 0 Å². The predicted molar refractivity (Wildman–Crippen MR) is 76.4 cm³/mol. The highest BCUT2D eigenvalue weighted by molar-refractivity contribution is 5.93. The van der Waals surface area contributed by atoms with Crippen LogP contribution in [0.5, 0.6) is 0 Å². The average Bonchev–Trinajstić information content (AvgIpc) is 2.64. The van der Waals surface area contributed by atoms with E-state index in [1.807, 2.05) is 24.3 Å². The number of hydrogen-bond donors (Lipinski definition) is 2. The fourth-order valence-electron chi connectivity index (χ4n) is 2.65. The second kappa shape index (κ2) is 6.68. The van der Waals surface area contributed by atoms with Crippen LogP contribution in [0.15, 0.2) is 24.3 Å². The molecule has 1 atom stereocenters. The number of hydrazine groups is 1. The minimum atomic E-state index is -0.241. The number of hydrogen-bond acceptors (Lipinski definition) is 3. The van der Waals surface area contributed by atoms with Crippen LogP contribution in [0.1, 0.15) is 48.5 Å². The van der Waals surface area contributed by atoms with Crippen molar-refractivity contribution in [3.8, 4) is 0 Å². The van der Waals surface area contributed by atoms with Gasteiger partial charge in [0, 0.05) is 18.2 Å². The van der Waals surface area contributed by atoms with Gasteiger partial charge in [0.1, 0.15) is 0 Å². The molecule has 1 fully saturated rings. The van der Waals surface area contributed by atoms with Crippen molar-refractivity contribution in [2.75, 3.05) is 6.54 Å². The zero-order valence-corrected chi connectivity index (χ0v) is 11.6. The van der Waals surface area contributed by atoms with Crippen LogP contribution in [0.4, 0.5) is 0 Å². The monoisotopic (exact) mass is 261 g/mol. The van der Waals surface area contributed by atoms with E-state index in [2.05, 4.69) is 17.2 Å². The number of nitrogens with one attached hydrogen (secondary N) is 1. The zero-order valence-electron chi connectivity index (χ0n) is 11.6. The molecule has 0 bridgehead atoms. The van der Waals surface area contributed by atoms with E-state index in [0.29, 0.717) is 11.6 Å². The summed E-state index contributed by atoms with van der Waals surface area (Å²) < 4.78 is 0. The summed E-state index contributed by atoms with van der Waals surface area (Å²) in [6.07, 6.45) is 5.26. The van der Waals surface area contributed by atoms with E-state index >= 15 is 0 Å². The minimum absolute atomic E-state index is 0.241. The van der Waals surface area contributed by atoms with E-state index < -0.39 is 0 Å². The van der Waals surface area contributed by atoms with E-state index in [1.165, 1.54) is 37.8 Å². The van der Waals surface area contributed by atoms with Gasteiger partial charge in [0.15, 0.2) is 0 Å². The van der Waals surface area contributed by atoms with E-state index in [0.717, 1.165) is 6.54 Å². The number of likely N-dealkylation sites (tertiary alicyclic amines) is 1. The lowest BCUT2D eigenvalue weighted by Gasteiger charge is -2.26. The smallest absolute Gasteiger partial charge is 0.265 e. The van der Waals surface area contributed by atoms with Gasteiger partial charge < -0.3 is 0 Å². The molecule has 1 heterocycles. The van der Waals surface area contributed by atoms with Crippen molar-refractivity contribution in [1.82, 2.24) is 10.3 Å². The SMILES string of the molecule is CC1CCCCCN1Cc1ccc(C(=O)NN)cc1. The van der Waals surface area contributed by atoms with E-state index in [-0.39, 0.29) is 5.91 Å². The molecule has 2 rings (SSSR count). The Morgan fingerprint density at radius 2 is 2.05 bits per heavy atom. The molecule has 104 valence electrons. The number of nitrogens with zero attached hydrogens (tertiary/aromatic N) is 1. The molecule has 0 radical (unpaired) electrons. The normalized spacial score (nSPS) is 20.8.